The zero-order chi connectivity index (χ0) is 20.2. The van der Waals surface area contributed by atoms with E-state index in [1.54, 1.807) is 19.2 Å². The first-order chi connectivity index (χ1) is 14.2. The Kier molecular flexibility index (Phi) is 6.22. The average Bonchev–Trinajstić information content (AvgIpc) is 2.79. The number of benzene rings is 2. The van der Waals surface area contributed by atoms with Crippen LogP contribution in [0.2, 0.25) is 0 Å². The fraction of sp³-hybridized carbons (Fsp3) is 0.409. The van der Waals surface area contributed by atoms with E-state index in [9.17, 15) is 4.79 Å². The number of carbonyl (C=O) groups is 1. The molecule has 0 aliphatic carbocycles. The number of fused-ring (bicyclic) bond motifs is 1. The van der Waals surface area contributed by atoms with Gasteiger partial charge in [-0.2, -0.15) is 0 Å². The molecule has 1 amide bonds. The van der Waals surface area contributed by atoms with E-state index in [4.69, 9.17) is 23.7 Å². The largest absolute Gasteiger partial charge is 0.376 e. The normalized spacial score (nSPS) is 31.7. The third-order valence-electron chi connectivity index (χ3n) is 5.25. The second-order valence-corrected chi connectivity index (χ2v) is 7.02. The molecule has 1 N–H and O–H groups in total. The second kappa shape index (κ2) is 9.02. The molecular weight excluding hydrogens is 374 g/mol. The lowest BCUT2D eigenvalue weighted by molar-refractivity contribution is -0.343. The number of ether oxygens (including phenoxy) is 5. The van der Waals surface area contributed by atoms with Crippen molar-refractivity contribution in [1.29, 1.82) is 0 Å². The number of hydrogen-bond acceptors (Lipinski definition) is 6. The quantitative estimate of drug-likeness (QED) is 0.832. The Bertz CT molecular complexity index is 801. The van der Waals surface area contributed by atoms with E-state index >= 15 is 0 Å². The molecule has 29 heavy (non-hydrogen) atoms. The molecule has 2 aliphatic rings. The van der Waals surface area contributed by atoms with E-state index in [-0.39, 0.29) is 12.0 Å². The third kappa shape index (κ3) is 4.19. The maximum absolute atomic E-state index is 12.7. The van der Waals surface area contributed by atoms with Crippen LogP contribution in [0.3, 0.4) is 0 Å². The summed E-state index contributed by atoms with van der Waals surface area (Å²) in [5, 5.41) is 2.99. The van der Waals surface area contributed by atoms with Gasteiger partial charge in [-0.1, -0.05) is 48.5 Å². The highest BCUT2D eigenvalue weighted by atomic mass is 16.7. The number of rotatable bonds is 5. The Balaban J connectivity index is 1.54. The van der Waals surface area contributed by atoms with Gasteiger partial charge in [0.1, 0.15) is 24.4 Å². The van der Waals surface area contributed by atoms with Crippen LogP contribution in [0.15, 0.2) is 60.7 Å². The standard InChI is InChI=1S/C22H25NO6/c1-25-19-17(23-20(24)14-9-5-3-6-10-14)22(26-2)28-16-13-27-21(29-18(16)19)15-11-7-4-8-12-15/h3-12,16-19,21-22H,13H2,1-2H3,(H,23,24)/t16-,17-,18-,19+,21+,22+/m0/s1. The van der Waals surface area contributed by atoms with Gasteiger partial charge in [0.2, 0.25) is 0 Å². The van der Waals surface area contributed by atoms with Crippen molar-refractivity contribution in [2.24, 2.45) is 0 Å². The van der Waals surface area contributed by atoms with Crippen LogP contribution in [-0.4, -0.2) is 57.4 Å². The molecule has 4 rings (SSSR count). The van der Waals surface area contributed by atoms with Crippen LogP contribution in [0.25, 0.3) is 0 Å². The van der Waals surface area contributed by atoms with Crippen LogP contribution in [0, 0.1) is 0 Å². The number of amides is 1. The van der Waals surface area contributed by atoms with Crippen molar-refractivity contribution >= 4 is 5.91 Å². The summed E-state index contributed by atoms with van der Waals surface area (Å²) in [5.74, 6) is -0.228. The fourth-order valence-corrected chi connectivity index (χ4v) is 3.81. The summed E-state index contributed by atoms with van der Waals surface area (Å²) in [6.07, 6.45) is -2.47. The maximum atomic E-state index is 12.7. The molecule has 0 unspecified atom stereocenters. The molecule has 154 valence electrons. The SMILES string of the molecule is CO[C@@H]1O[C@H]2CO[C@@H](c3ccccc3)O[C@@H]2[C@H](OC)[C@@H]1NC(=O)c1ccccc1. The van der Waals surface area contributed by atoms with E-state index in [2.05, 4.69) is 5.32 Å². The van der Waals surface area contributed by atoms with Crippen LogP contribution >= 0.6 is 0 Å². The predicted octanol–water partition coefficient (Wildman–Crippen LogP) is 2.29. The molecular formula is C22H25NO6. The first-order valence-corrected chi connectivity index (χ1v) is 9.60. The van der Waals surface area contributed by atoms with Gasteiger partial charge in [0, 0.05) is 25.3 Å². The topological polar surface area (TPSA) is 75.2 Å². The first-order valence-electron chi connectivity index (χ1n) is 9.60. The lowest BCUT2D eigenvalue weighted by atomic mass is 9.95. The lowest BCUT2D eigenvalue weighted by Gasteiger charge is -2.48. The van der Waals surface area contributed by atoms with Crippen molar-refractivity contribution in [3.63, 3.8) is 0 Å². The van der Waals surface area contributed by atoms with Gasteiger partial charge < -0.3 is 29.0 Å². The van der Waals surface area contributed by atoms with Crippen LogP contribution < -0.4 is 5.32 Å². The average molecular weight is 399 g/mol. The Labute approximate surface area is 169 Å². The van der Waals surface area contributed by atoms with Crippen molar-refractivity contribution in [2.45, 2.75) is 36.9 Å². The number of hydrogen-bond donors (Lipinski definition) is 1. The highest BCUT2D eigenvalue weighted by Crippen LogP contribution is 2.35. The smallest absolute Gasteiger partial charge is 0.251 e. The zero-order valence-electron chi connectivity index (χ0n) is 16.4. The molecule has 2 fully saturated rings. The third-order valence-corrected chi connectivity index (χ3v) is 5.25. The van der Waals surface area contributed by atoms with E-state index in [1.165, 1.54) is 7.11 Å². The number of methoxy groups -OCH3 is 2. The Morgan fingerprint density at radius 1 is 0.966 bits per heavy atom. The Morgan fingerprint density at radius 3 is 2.31 bits per heavy atom. The lowest BCUT2D eigenvalue weighted by Crippen LogP contribution is -2.67. The summed E-state index contributed by atoms with van der Waals surface area (Å²) in [6, 6.07) is 18.2. The molecule has 7 heteroatoms. The van der Waals surface area contributed by atoms with Gasteiger partial charge in [-0.15, -0.1) is 0 Å². The summed E-state index contributed by atoms with van der Waals surface area (Å²) in [6.45, 7) is 0.337. The molecule has 0 saturated carbocycles. The van der Waals surface area contributed by atoms with Gasteiger partial charge in [-0.05, 0) is 12.1 Å². The van der Waals surface area contributed by atoms with Gasteiger partial charge >= 0.3 is 0 Å². The minimum Gasteiger partial charge on any atom is -0.376 e. The first kappa shape index (κ1) is 20.0. The maximum Gasteiger partial charge on any atom is 0.251 e. The molecule has 2 heterocycles. The zero-order valence-corrected chi connectivity index (χ0v) is 16.4. The van der Waals surface area contributed by atoms with E-state index in [0.29, 0.717) is 12.2 Å². The molecule has 2 aromatic carbocycles. The summed E-state index contributed by atoms with van der Waals surface area (Å²) >= 11 is 0. The second-order valence-electron chi connectivity index (χ2n) is 7.02. The van der Waals surface area contributed by atoms with Crippen LogP contribution in [-0.2, 0) is 23.7 Å². The summed E-state index contributed by atoms with van der Waals surface area (Å²) < 4.78 is 29.4. The summed E-state index contributed by atoms with van der Waals surface area (Å²) in [4.78, 5) is 12.7. The van der Waals surface area contributed by atoms with Gasteiger partial charge in [-0.3, -0.25) is 4.79 Å². The van der Waals surface area contributed by atoms with E-state index < -0.39 is 30.8 Å². The summed E-state index contributed by atoms with van der Waals surface area (Å²) in [5.41, 5.74) is 1.47. The monoisotopic (exact) mass is 399 g/mol. The molecule has 0 radical (unpaired) electrons. The number of carbonyl (C=O) groups excluding carboxylic acids is 1. The molecule has 0 aromatic heterocycles. The molecule has 2 aliphatic heterocycles. The highest BCUT2D eigenvalue weighted by Gasteiger charge is 2.51. The van der Waals surface area contributed by atoms with Crippen molar-refractivity contribution < 1.29 is 28.5 Å². The van der Waals surface area contributed by atoms with Crippen molar-refractivity contribution in [2.75, 3.05) is 20.8 Å². The van der Waals surface area contributed by atoms with Crippen LogP contribution in [0.5, 0.6) is 0 Å². The molecule has 0 spiro atoms. The Morgan fingerprint density at radius 2 is 1.66 bits per heavy atom. The van der Waals surface area contributed by atoms with E-state index in [1.807, 2.05) is 48.5 Å². The van der Waals surface area contributed by atoms with Crippen LogP contribution in [0.1, 0.15) is 22.2 Å². The Hall–Kier alpha value is -2.29. The fourth-order valence-electron chi connectivity index (χ4n) is 3.81. The summed E-state index contributed by atoms with van der Waals surface area (Å²) in [7, 11) is 3.13. The van der Waals surface area contributed by atoms with Crippen molar-refractivity contribution in [3.05, 3.63) is 71.8 Å². The molecule has 0 bridgehead atoms. The van der Waals surface area contributed by atoms with Gasteiger partial charge in [-0.25, -0.2) is 0 Å². The van der Waals surface area contributed by atoms with Gasteiger partial charge in [0.25, 0.3) is 5.91 Å². The minimum absolute atomic E-state index is 0.228. The van der Waals surface area contributed by atoms with Gasteiger partial charge in [0.15, 0.2) is 12.6 Å². The highest BCUT2D eigenvalue weighted by molar-refractivity contribution is 5.94. The molecule has 7 nitrogen and oxygen atoms in total. The van der Waals surface area contributed by atoms with E-state index in [0.717, 1.165) is 5.56 Å². The molecule has 2 saturated heterocycles. The van der Waals surface area contributed by atoms with Crippen LogP contribution in [0.4, 0.5) is 0 Å². The number of nitrogens with one attached hydrogen (secondary N) is 1. The molecule has 2 aromatic rings. The molecule has 6 atom stereocenters. The predicted molar refractivity (Wildman–Crippen MR) is 104 cm³/mol. The van der Waals surface area contributed by atoms with Gasteiger partial charge in [0.05, 0.1) is 6.61 Å². The van der Waals surface area contributed by atoms with Crippen molar-refractivity contribution in [3.8, 4) is 0 Å². The minimum atomic E-state index is -0.686. The van der Waals surface area contributed by atoms with Crippen molar-refractivity contribution in [1.82, 2.24) is 5.32 Å².